The van der Waals surface area contributed by atoms with E-state index >= 15 is 0 Å². The Labute approximate surface area is 135 Å². The molecule has 0 fully saturated rings. The van der Waals surface area contributed by atoms with E-state index in [2.05, 4.69) is 17.6 Å². The summed E-state index contributed by atoms with van der Waals surface area (Å²) in [7, 11) is 0. The van der Waals surface area contributed by atoms with Gasteiger partial charge in [0.2, 0.25) is 5.91 Å². The van der Waals surface area contributed by atoms with Crippen molar-refractivity contribution in [1.29, 1.82) is 0 Å². The fourth-order valence-electron chi connectivity index (χ4n) is 1.86. The quantitative estimate of drug-likeness (QED) is 0.805. The zero-order valence-corrected chi connectivity index (χ0v) is 13.2. The Morgan fingerprint density at radius 2 is 2.00 bits per heavy atom. The number of carbonyl (C=O) groups excluding carboxylic acids is 1. The monoisotopic (exact) mass is 318 g/mol. The van der Waals surface area contributed by atoms with Gasteiger partial charge in [0.05, 0.1) is 23.9 Å². The number of carbonyl (C=O) groups is 1. The number of rotatable bonds is 7. The Balaban J connectivity index is 1.87. The lowest BCUT2D eigenvalue weighted by atomic mass is 10.3. The summed E-state index contributed by atoms with van der Waals surface area (Å²) in [6, 6.07) is 14.7. The van der Waals surface area contributed by atoms with E-state index in [0.717, 1.165) is 17.9 Å². The molecule has 0 unspecified atom stereocenters. The van der Waals surface area contributed by atoms with Gasteiger partial charge in [0.25, 0.3) is 0 Å². The van der Waals surface area contributed by atoms with Gasteiger partial charge in [-0.25, -0.2) is 0 Å². The van der Waals surface area contributed by atoms with Crippen molar-refractivity contribution in [3.63, 3.8) is 0 Å². The third kappa shape index (κ3) is 4.97. The van der Waals surface area contributed by atoms with Crippen LogP contribution >= 0.6 is 11.6 Å². The lowest BCUT2D eigenvalue weighted by Gasteiger charge is -2.10. The molecule has 0 aromatic heterocycles. The molecule has 2 aromatic carbocycles. The number of para-hydroxylation sites is 1. The van der Waals surface area contributed by atoms with Crippen molar-refractivity contribution < 1.29 is 9.53 Å². The van der Waals surface area contributed by atoms with E-state index in [4.69, 9.17) is 16.3 Å². The summed E-state index contributed by atoms with van der Waals surface area (Å²) >= 11 is 6.00. The fraction of sp³-hybridized carbons (Fsp3) is 0.235. The van der Waals surface area contributed by atoms with Gasteiger partial charge in [0.1, 0.15) is 5.75 Å². The summed E-state index contributed by atoms with van der Waals surface area (Å²) in [6.45, 7) is 2.89. The Kier molecular flexibility index (Phi) is 6.10. The number of anilines is 2. The van der Waals surface area contributed by atoms with Gasteiger partial charge in [0.15, 0.2) is 0 Å². The van der Waals surface area contributed by atoms with E-state index in [1.165, 1.54) is 0 Å². The highest BCUT2D eigenvalue weighted by atomic mass is 35.5. The molecule has 2 aromatic rings. The molecule has 1 amide bonds. The second kappa shape index (κ2) is 8.29. The van der Waals surface area contributed by atoms with Crippen LogP contribution in [0.5, 0.6) is 5.75 Å². The number of amides is 1. The first kappa shape index (κ1) is 16.2. The summed E-state index contributed by atoms with van der Waals surface area (Å²) in [6.07, 6.45) is 0.956. The topological polar surface area (TPSA) is 50.4 Å². The first-order valence-corrected chi connectivity index (χ1v) is 7.58. The van der Waals surface area contributed by atoms with Crippen molar-refractivity contribution in [1.82, 2.24) is 0 Å². The minimum absolute atomic E-state index is 0.155. The molecule has 0 heterocycles. The second-order valence-electron chi connectivity index (χ2n) is 4.76. The molecule has 0 aliphatic rings. The SMILES string of the molecule is CCCOc1cccc(NCC(=O)Nc2ccccc2Cl)c1. The van der Waals surface area contributed by atoms with Crippen LogP contribution in [0.2, 0.25) is 5.02 Å². The van der Waals surface area contributed by atoms with Gasteiger partial charge in [-0.05, 0) is 30.7 Å². The summed E-state index contributed by atoms with van der Waals surface area (Å²) in [4.78, 5) is 11.9. The Bertz CT molecular complexity index is 632. The van der Waals surface area contributed by atoms with Crippen LogP contribution in [-0.2, 0) is 4.79 Å². The molecule has 2 N–H and O–H groups in total. The standard InChI is InChI=1S/C17H19ClN2O2/c1-2-10-22-14-7-5-6-13(11-14)19-12-17(21)20-16-9-4-3-8-15(16)18/h3-9,11,19H,2,10,12H2,1H3,(H,20,21). The highest BCUT2D eigenvalue weighted by molar-refractivity contribution is 6.33. The van der Waals surface area contributed by atoms with Crippen LogP contribution in [0, 0.1) is 0 Å². The molecule has 0 aliphatic carbocycles. The summed E-state index contributed by atoms with van der Waals surface area (Å²) in [5.74, 6) is 0.631. The largest absolute Gasteiger partial charge is 0.494 e. The third-order valence-electron chi connectivity index (χ3n) is 2.91. The highest BCUT2D eigenvalue weighted by Crippen LogP contribution is 2.20. The average molecular weight is 319 g/mol. The molecule has 0 radical (unpaired) electrons. The maximum Gasteiger partial charge on any atom is 0.243 e. The molecule has 2 rings (SSSR count). The molecule has 116 valence electrons. The molecule has 0 aliphatic heterocycles. The van der Waals surface area contributed by atoms with Crippen LogP contribution in [0.25, 0.3) is 0 Å². The van der Waals surface area contributed by atoms with Crippen molar-refractivity contribution in [3.8, 4) is 5.75 Å². The Morgan fingerprint density at radius 1 is 1.18 bits per heavy atom. The molecule has 0 saturated carbocycles. The van der Waals surface area contributed by atoms with Crippen molar-refractivity contribution in [3.05, 3.63) is 53.6 Å². The van der Waals surface area contributed by atoms with Crippen molar-refractivity contribution in [2.24, 2.45) is 0 Å². The number of hydrogen-bond donors (Lipinski definition) is 2. The third-order valence-corrected chi connectivity index (χ3v) is 3.24. The van der Waals surface area contributed by atoms with E-state index in [1.807, 2.05) is 36.4 Å². The van der Waals surface area contributed by atoms with E-state index in [9.17, 15) is 4.79 Å². The van der Waals surface area contributed by atoms with E-state index in [-0.39, 0.29) is 12.5 Å². The maximum absolute atomic E-state index is 11.9. The highest BCUT2D eigenvalue weighted by Gasteiger charge is 2.05. The predicted octanol–water partition coefficient (Wildman–Crippen LogP) is 4.18. The second-order valence-corrected chi connectivity index (χ2v) is 5.17. The van der Waals surface area contributed by atoms with Crippen LogP contribution in [0.3, 0.4) is 0 Å². The molecular weight excluding hydrogens is 300 g/mol. The van der Waals surface area contributed by atoms with E-state index in [0.29, 0.717) is 17.3 Å². The fourth-order valence-corrected chi connectivity index (χ4v) is 2.04. The Hall–Kier alpha value is -2.20. The molecule has 0 saturated heterocycles. The van der Waals surface area contributed by atoms with Gasteiger partial charge in [-0.15, -0.1) is 0 Å². The van der Waals surface area contributed by atoms with Crippen LogP contribution in [0.4, 0.5) is 11.4 Å². The smallest absolute Gasteiger partial charge is 0.243 e. The zero-order valence-electron chi connectivity index (χ0n) is 12.4. The molecule has 0 atom stereocenters. The number of benzene rings is 2. The van der Waals surface area contributed by atoms with Crippen LogP contribution < -0.4 is 15.4 Å². The van der Waals surface area contributed by atoms with Crippen LogP contribution in [0.15, 0.2) is 48.5 Å². The van der Waals surface area contributed by atoms with Gasteiger partial charge in [0, 0.05) is 11.8 Å². The summed E-state index contributed by atoms with van der Waals surface area (Å²) < 4.78 is 5.56. The van der Waals surface area contributed by atoms with Crippen molar-refractivity contribution >= 4 is 28.9 Å². The van der Waals surface area contributed by atoms with Gasteiger partial charge >= 0.3 is 0 Å². The van der Waals surface area contributed by atoms with Crippen LogP contribution in [0.1, 0.15) is 13.3 Å². The number of nitrogens with one attached hydrogen (secondary N) is 2. The summed E-state index contributed by atoms with van der Waals surface area (Å²) in [5, 5.41) is 6.35. The minimum atomic E-state index is -0.159. The normalized spacial score (nSPS) is 10.1. The first-order valence-electron chi connectivity index (χ1n) is 7.20. The van der Waals surface area contributed by atoms with Crippen molar-refractivity contribution in [2.45, 2.75) is 13.3 Å². The molecule has 0 bridgehead atoms. The van der Waals surface area contributed by atoms with E-state index < -0.39 is 0 Å². The lowest BCUT2D eigenvalue weighted by molar-refractivity contribution is -0.114. The zero-order chi connectivity index (χ0) is 15.8. The molecule has 5 heteroatoms. The summed E-state index contributed by atoms with van der Waals surface area (Å²) in [5.41, 5.74) is 1.44. The number of ether oxygens (including phenoxy) is 1. The van der Waals surface area contributed by atoms with Gasteiger partial charge < -0.3 is 15.4 Å². The molecular formula is C17H19ClN2O2. The first-order chi connectivity index (χ1) is 10.7. The number of hydrogen-bond acceptors (Lipinski definition) is 3. The van der Waals surface area contributed by atoms with E-state index in [1.54, 1.807) is 12.1 Å². The number of halogens is 1. The van der Waals surface area contributed by atoms with Gasteiger partial charge in [-0.3, -0.25) is 4.79 Å². The predicted molar refractivity (Wildman–Crippen MR) is 90.8 cm³/mol. The lowest BCUT2D eigenvalue weighted by Crippen LogP contribution is -2.21. The minimum Gasteiger partial charge on any atom is -0.494 e. The molecule has 0 spiro atoms. The van der Waals surface area contributed by atoms with Gasteiger partial charge in [-0.1, -0.05) is 36.7 Å². The van der Waals surface area contributed by atoms with Crippen LogP contribution in [-0.4, -0.2) is 19.1 Å². The average Bonchev–Trinajstić information content (AvgIpc) is 2.53. The Morgan fingerprint density at radius 3 is 2.77 bits per heavy atom. The van der Waals surface area contributed by atoms with Gasteiger partial charge in [-0.2, -0.15) is 0 Å². The molecule has 4 nitrogen and oxygen atoms in total. The van der Waals surface area contributed by atoms with Crippen molar-refractivity contribution in [2.75, 3.05) is 23.8 Å². The molecule has 22 heavy (non-hydrogen) atoms. The maximum atomic E-state index is 11.9.